The second-order valence-corrected chi connectivity index (χ2v) is 6.95. The van der Waals surface area contributed by atoms with Crippen LogP contribution in [0.1, 0.15) is 26.2 Å². The van der Waals surface area contributed by atoms with Gasteiger partial charge < -0.3 is 15.4 Å². The van der Waals surface area contributed by atoms with E-state index in [0.717, 1.165) is 19.5 Å². The fourth-order valence-corrected chi connectivity index (χ4v) is 3.02. The number of nitrogens with zero attached hydrogens (tertiary/aromatic N) is 1. The van der Waals surface area contributed by atoms with Crippen LogP contribution in [0, 0.1) is 5.41 Å². The Morgan fingerprint density at radius 3 is 2.78 bits per heavy atom. The molecule has 0 aliphatic carbocycles. The summed E-state index contributed by atoms with van der Waals surface area (Å²) < 4.78 is 5.59. The summed E-state index contributed by atoms with van der Waals surface area (Å²) in [5, 5.41) is 1.06. The summed E-state index contributed by atoms with van der Waals surface area (Å²) in [4.78, 5) is 14.1. The van der Waals surface area contributed by atoms with Gasteiger partial charge in [-0.1, -0.05) is 30.1 Å². The van der Waals surface area contributed by atoms with Gasteiger partial charge in [0.25, 0.3) is 0 Å². The van der Waals surface area contributed by atoms with E-state index in [1.807, 2.05) is 4.90 Å². The van der Waals surface area contributed by atoms with Crippen molar-refractivity contribution >= 4 is 41.5 Å². The molecule has 0 radical (unpaired) electrons. The normalized spacial score (nSPS) is 20.3. The molecule has 4 nitrogen and oxygen atoms in total. The first-order valence-electron chi connectivity index (χ1n) is 7.49. The van der Waals surface area contributed by atoms with E-state index in [0.29, 0.717) is 41.8 Å². The molecule has 1 saturated heterocycles. The average Bonchev–Trinajstić information content (AvgIpc) is 2.88. The zero-order valence-corrected chi connectivity index (χ0v) is 15.5. The van der Waals surface area contributed by atoms with Crippen molar-refractivity contribution in [2.24, 2.45) is 11.1 Å². The topological polar surface area (TPSA) is 55.6 Å². The first-order chi connectivity index (χ1) is 10.4. The second kappa shape index (κ2) is 8.97. The van der Waals surface area contributed by atoms with Crippen molar-refractivity contribution in [3.05, 3.63) is 28.2 Å². The molecule has 7 heteroatoms. The van der Waals surface area contributed by atoms with E-state index in [1.165, 1.54) is 0 Å². The highest BCUT2D eigenvalue weighted by Crippen LogP contribution is 2.29. The molecule has 2 rings (SSSR count). The Balaban J connectivity index is 0.00000264. The summed E-state index contributed by atoms with van der Waals surface area (Å²) in [5.74, 6) is 0.762. The molecule has 0 aromatic heterocycles. The van der Waals surface area contributed by atoms with Crippen LogP contribution in [0.5, 0.6) is 5.75 Å². The number of hydrogen-bond acceptors (Lipinski definition) is 3. The minimum atomic E-state index is 0. The molecule has 1 unspecified atom stereocenters. The summed E-state index contributed by atoms with van der Waals surface area (Å²) in [6.07, 6.45) is 2.12. The highest BCUT2D eigenvalue weighted by atomic mass is 35.5. The third kappa shape index (κ3) is 5.71. The van der Waals surface area contributed by atoms with E-state index in [4.69, 9.17) is 33.7 Å². The third-order valence-electron chi connectivity index (χ3n) is 4.09. The van der Waals surface area contributed by atoms with Crippen LogP contribution in [-0.4, -0.2) is 37.0 Å². The third-order valence-corrected chi connectivity index (χ3v) is 4.62. The lowest BCUT2D eigenvalue weighted by Gasteiger charge is -2.22. The van der Waals surface area contributed by atoms with Gasteiger partial charge in [-0.2, -0.15) is 0 Å². The molecule has 1 amide bonds. The van der Waals surface area contributed by atoms with Gasteiger partial charge in [0.05, 0.1) is 11.6 Å². The molecule has 1 aliphatic rings. The van der Waals surface area contributed by atoms with Crippen LogP contribution in [-0.2, 0) is 4.79 Å². The summed E-state index contributed by atoms with van der Waals surface area (Å²) in [7, 11) is 0. The van der Waals surface area contributed by atoms with Gasteiger partial charge in [0.1, 0.15) is 5.75 Å². The minimum Gasteiger partial charge on any atom is -0.492 e. The molecule has 0 spiro atoms. The molecular weight excluding hydrogens is 359 g/mol. The number of likely N-dealkylation sites (tertiary alicyclic amines) is 1. The number of rotatable bonds is 6. The molecule has 1 aromatic carbocycles. The fourth-order valence-electron chi connectivity index (χ4n) is 2.56. The molecule has 1 heterocycles. The number of amides is 1. The van der Waals surface area contributed by atoms with Gasteiger partial charge in [-0.25, -0.2) is 0 Å². The van der Waals surface area contributed by atoms with Crippen molar-refractivity contribution in [2.75, 3.05) is 26.2 Å². The van der Waals surface area contributed by atoms with Gasteiger partial charge >= 0.3 is 0 Å². The number of benzene rings is 1. The first kappa shape index (κ1) is 20.4. The maximum absolute atomic E-state index is 12.2. The highest BCUT2D eigenvalue weighted by molar-refractivity contribution is 6.35. The van der Waals surface area contributed by atoms with Gasteiger partial charge in [-0.3, -0.25) is 4.79 Å². The Labute approximate surface area is 153 Å². The molecule has 2 N–H and O–H groups in total. The molecule has 1 aliphatic heterocycles. The van der Waals surface area contributed by atoms with Crippen molar-refractivity contribution in [1.29, 1.82) is 0 Å². The average molecular weight is 382 g/mol. The summed E-state index contributed by atoms with van der Waals surface area (Å²) in [5.41, 5.74) is 5.83. The Kier molecular flexibility index (Phi) is 7.95. The standard InChI is InChI=1S/C16H22Cl2N2O2.ClH/c1-16(10-19)6-7-20(11-16)15(21)3-2-8-22-14-5-4-12(17)9-13(14)18;/h4-5,9H,2-3,6-8,10-11,19H2,1H3;1H. The quantitative estimate of drug-likeness (QED) is 0.763. The Morgan fingerprint density at radius 1 is 1.43 bits per heavy atom. The minimum absolute atomic E-state index is 0. The van der Waals surface area contributed by atoms with Gasteiger partial charge in [0, 0.05) is 24.5 Å². The first-order valence-corrected chi connectivity index (χ1v) is 8.25. The van der Waals surface area contributed by atoms with Crippen LogP contribution in [0.3, 0.4) is 0 Å². The van der Waals surface area contributed by atoms with Crippen LogP contribution in [0.4, 0.5) is 0 Å². The van der Waals surface area contributed by atoms with Gasteiger partial charge in [0.15, 0.2) is 0 Å². The zero-order chi connectivity index (χ0) is 16.2. The SMILES string of the molecule is CC1(CN)CCN(C(=O)CCCOc2ccc(Cl)cc2Cl)C1.Cl. The molecule has 0 saturated carbocycles. The number of carbonyl (C=O) groups is 1. The largest absolute Gasteiger partial charge is 0.492 e. The molecule has 0 bridgehead atoms. The Bertz CT molecular complexity index is 542. The van der Waals surface area contributed by atoms with Crippen molar-refractivity contribution in [1.82, 2.24) is 4.90 Å². The fraction of sp³-hybridized carbons (Fsp3) is 0.562. The van der Waals surface area contributed by atoms with E-state index in [2.05, 4.69) is 6.92 Å². The van der Waals surface area contributed by atoms with Crippen LogP contribution in [0.2, 0.25) is 10.0 Å². The molecule has 23 heavy (non-hydrogen) atoms. The lowest BCUT2D eigenvalue weighted by atomic mass is 9.90. The summed E-state index contributed by atoms with van der Waals surface area (Å²) >= 11 is 11.9. The van der Waals surface area contributed by atoms with E-state index in [9.17, 15) is 4.79 Å². The molecule has 130 valence electrons. The van der Waals surface area contributed by atoms with E-state index in [1.54, 1.807) is 18.2 Å². The Morgan fingerprint density at radius 2 is 2.17 bits per heavy atom. The maximum Gasteiger partial charge on any atom is 0.222 e. The van der Waals surface area contributed by atoms with Crippen LogP contribution < -0.4 is 10.5 Å². The van der Waals surface area contributed by atoms with Crippen LogP contribution in [0.25, 0.3) is 0 Å². The molecular formula is C16H23Cl3N2O2. The number of halogens is 3. The van der Waals surface area contributed by atoms with Crippen molar-refractivity contribution in [2.45, 2.75) is 26.2 Å². The van der Waals surface area contributed by atoms with E-state index >= 15 is 0 Å². The number of ether oxygens (including phenoxy) is 1. The smallest absolute Gasteiger partial charge is 0.222 e. The lowest BCUT2D eigenvalue weighted by molar-refractivity contribution is -0.130. The number of hydrogen-bond donors (Lipinski definition) is 1. The molecule has 1 aromatic rings. The predicted octanol–water partition coefficient (Wildman–Crippen LogP) is 3.77. The van der Waals surface area contributed by atoms with Crippen molar-refractivity contribution in [3.8, 4) is 5.75 Å². The lowest BCUT2D eigenvalue weighted by Crippen LogP contribution is -2.34. The van der Waals surface area contributed by atoms with E-state index < -0.39 is 0 Å². The monoisotopic (exact) mass is 380 g/mol. The molecule has 1 fully saturated rings. The zero-order valence-electron chi connectivity index (χ0n) is 13.2. The van der Waals surface area contributed by atoms with Gasteiger partial charge in [-0.05, 0) is 43.0 Å². The summed E-state index contributed by atoms with van der Waals surface area (Å²) in [6.45, 7) is 4.76. The van der Waals surface area contributed by atoms with Crippen molar-refractivity contribution in [3.63, 3.8) is 0 Å². The van der Waals surface area contributed by atoms with Crippen LogP contribution in [0.15, 0.2) is 18.2 Å². The van der Waals surface area contributed by atoms with Gasteiger partial charge in [-0.15, -0.1) is 12.4 Å². The summed E-state index contributed by atoms with van der Waals surface area (Å²) in [6, 6.07) is 5.10. The number of carbonyl (C=O) groups excluding carboxylic acids is 1. The second-order valence-electron chi connectivity index (χ2n) is 6.11. The maximum atomic E-state index is 12.2. The predicted molar refractivity (Wildman–Crippen MR) is 96.8 cm³/mol. The molecule has 1 atom stereocenters. The Hall–Kier alpha value is -0.680. The highest BCUT2D eigenvalue weighted by Gasteiger charge is 2.34. The number of nitrogens with two attached hydrogens (primary N) is 1. The van der Waals surface area contributed by atoms with E-state index in [-0.39, 0.29) is 23.7 Å². The van der Waals surface area contributed by atoms with Gasteiger partial charge in [0.2, 0.25) is 5.91 Å². The van der Waals surface area contributed by atoms with Crippen molar-refractivity contribution < 1.29 is 9.53 Å². The van der Waals surface area contributed by atoms with Crippen LogP contribution >= 0.6 is 35.6 Å².